The van der Waals surface area contributed by atoms with E-state index in [0.29, 0.717) is 12.1 Å². The molecule has 0 saturated heterocycles. The summed E-state index contributed by atoms with van der Waals surface area (Å²) >= 11 is 0. The number of benzene rings is 3. The quantitative estimate of drug-likeness (QED) is 0.0934. The lowest BCUT2D eigenvalue weighted by Crippen LogP contribution is -2.28. The molecule has 250 valence electrons. The topological polar surface area (TPSA) is 169 Å². The Kier molecular flexibility index (Phi) is 11.1. The Labute approximate surface area is 262 Å². The van der Waals surface area contributed by atoms with Crippen LogP contribution in [0.2, 0.25) is 0 Å². The number of hydrogen-bond donors (Lipinski definition) is 3. The van der Waals surface area contributed by atoms with Gasteiger partial charge in [0.25, 0.3) is 0 Å². The van der Waals surface area contributed by atoms with Crippen molar-refractivity contribution in [2.75, 3.05) is 13.2 Å². The number of nitrogens with one attached hydrogen (secondary N) is 1. The van der Waals surface area contributed by atoms with Crippen LogP contribution in [0.4, 0.5) is 31.1 Å². The van der Waals surface area contributed by atoms with Crippen LogP contribution in [0.15, 0.2) is 66.7 Å². The van der Waals surface area contributed by atoms with E-state index in [1.165, 1.54) is 19.1 Å². The van der Waals surface area contributed by atoms with Crippen LogP contribution in [0.3, 0.4) is 0 Å². The predicted octanol–water partition coefficient (Wildman–Crippen LogP) is 5.85. The Morgan fingerprint density at radius 2 is 1.19 bits per heavy atom. The molecule has 0 atom stereocenters. The summed E-state index contributed by atoms with van der Waals surface area (Å²) in [4.78, 5) is 46.6. The lowest BCUT2D eigenvalue weighted by Gasteiger charge is -2.16. The first-order chi connectivity index (χ1) is 21.8. The number of rotatable bonds is 12. The van der Waals surface area contributed by atoms with E-state index in [-0.39, 0.29) is 35.8 Å². The number of esters is 1. The summed E-state index contributed by atoms with van der Waals surface area (Å²) in [7, 11) is 0. The Balaban J connectivity index is 1.91. The number of primary amides is 2. The second kappa shape index (κ2) is 14.6. The Bertz CT molecular complexity index is 1610. The van der Waals surface area contributed by atoms with Gasteiger partial charge in [-0.05, 0) is 61.0 Å². The highest BCUT2D eigenvalue weighted by Gasteiger charge is 2.36. The SMILES string of the molecule is C=C(C)C(=O)OCCNC(=O)OCc1cc(Oc2ccc(C(N)=O)c(C(F)(F)F)c2)cc(Oc2ccc(C(N)=O)c(C(F)(F)F)c2)c1. The molecule has 0 heterocycles. The first-order valence-electron chi connectivity index (χ1n) is 13.1. The van der Waals surface area contributed by atoms with Crippen LogP contribution >= 0.6 is 0 Å². The molecule has 0 fully saturated rings. The molecule has 0 spiro atoms. The van der Waals surface area contributed by atoms with Crippen LogP contribution in [0.5, 0.6) is 23.0 Å². The van der Waals surface area contributed by atoms with Crippen molar-refractivity contribution >= 4 is 23.9 Å². The van der Waals surface area contributed by atoms with Gasteiger partial charge in [-0.3, -0.25) is 9.59 Å². The van der Waals surface area contributed by atoms with E-state index in [0.717, 1.165) is 30.3 Å². The van der Waals surface area contributed by atoms with Crippen molar-refractivity contribution in [1.29, 1.82) is 0 Å². The molecular weight excluding hydrogens is 644 g/mol. The van der Waals surface area contributed by atoms with Crippen molar-refractivity contribution in [3.05, 3.63) is 94.6 Å². The summed E-state index contributed by atoms with van der Waals surface area (Å²) in [6.45, 7) is 3.99. The fourth-order valence-electron chi connectivity index (χ4n) is 3.80. The zero-order valence-electron chi connectivity index (χ0n) is 24.2. The molecule has 3 aromatic rings. The third-order valence-corrected chi connectivity index (χ3v) is 5.86. The number of ether oxygens (including phenoxy) is 4. The summed E-state index contributed by atoms with van der Waals surface area (Å²) in [5.74, 6) is -4.64. The Morgan fingerprint density at radius 3 is 1.60 bits per heavy atom. The van der Waals surface area contributed by atoms with Gasteiger partial charge in [-0.2, -0.15) is 26.3 Å². The van der Waals surface area contributed by atoms with Gasteiger partial charge in [0, 0.05) is 11.6 Å². The maximum atomic E-state index is 13.6. The zero-order chi connectivity index (χ0) is 35.1. The number of hydrogen-bond acceptors (Lipinski definition) is 8. The molecule has 5 N–H and O–H groups in total. The van der Waals surface area contributed by atoms with E-state index in [2.05, 4.69) is 11.9 Å². The minimum atomic E-state index is -4.99. The van der Waals surface area contributed by atoms with Gasteiger partial charge in [-0.1, -0.05) is 6.58 Å². The number of nitrogens with two attached hydrogens (primary N) is 2. The second-order valence-corrected chi connectivity index (χ2v) is 9.57. The molecule has 0 aromatic heterocycles. The van der Waals surface area contributed by atoms with Gasteiger partial charge in [0.15, 0.2) is 0 Å². The van der Waals surface area contributed by atoms with Crippen LogP contribution in [-0.2, 0) is 33.2 Å². The molecule has 17 heteroatoms. The van der Waals surface area contributed by atoms with E-state index >= 15 is 0 Å². The van der Waals surface area contributed by atoms with Gasteiger partial charge >= 0.3 is 24.4 Å². The highest BCUT2D eigenvalue weighted by atomic mass is 19.4. The molecule has 0 unspecified atom stereocenters. The highest BCUT2D eigenvalue weighted by molar-refractivity contribution is 5.95. The predicted molar refractivity (Wildman–Crippen MR) is 150 cm³/mol. The molecule has 0 saturated carbocycles. The van der Waals surface area contributed by atoms with Crippen LogP contribution in [0, 0.1) is 0 Å². The first-order valence-corrected chi connectivity index (χ1v) is 13.1. The lowest BCUT2D eigenvalue weighted by molar-refractivity contribution is -0.139. The maximum Gasteiger partial charge on any atom is 0.417 e. The summed E-state index contributed by atoms with van der Waals surface area (Å²) in [6.07, 6.45) is -11.0. The molecule has 0 bridgehead atoms. The minimum absolute atomic E-state index is 0.0935. The van der Waals surface area contributed by atoms with Gasteiger partial charge in [-0.25, -0.2) is 9.59 Å². The van der Waals surface area contributed by atoms with E-state index < -0.39 is 76.6 Å². The van der Waals surface area contributed by atoms with Crippen LogP contribution in [0.1, 0.15) is 44.3 Å². The van der Waals surface area contributed by atoms with Crippen molar-refractivity contribution in [2.45, 2.75) is 25.9 Å². The monoisotopic (exact) mass is 669 g/mol. The van der Waals surface area contributed by atoms with E-state index in [1.54, 1.807) is 0 Å². The average Bonchev–Trinajstić information content (AvgIpc) is 2.96. The Hall–Kier alpha value is -5.74. The van der Waals surface area contributed by atoms with Crippen molar-refractivity contribution in [1.82, 2.24) is 5.32 Å². The third kappa shape index (κ3) is 10.1. The normalized spacial score (nSPS) is 11.3. The van der Waals surface area contributed by atoms with Crippen molar-refractivity contribution in [3.8, 4) is 23.0 Å². The van der Waals surface area contributed by atoms with E-state index in [4.69, 9.17) is 30.4 Å². The number of alkyl carbamates (subject to hydrolysis) is 1. The summed E-state index contributed by atoms with van der Waals surface area (Å²) in [6, 6.07) is 8.19. The minimum Gasteiger partial charge on any atom is -0.460 e. The van der Waals surface area contributed by atoms with Gasteiger partial charge in [0.1, 0.15) is 36.2 Å². The van der Waals surface area contributed by atoms with Gasteiger partial charge in [0.05, 0.1) is 28.8 Å². The van der Waals surface area contributed by atoms with Crippen LogP contribution in [-0.4, -0.2) is 37.0 Å². The number of carbonyl (C=O) groups is 4. The summed E-state index contributed by atoms with van der Waals surface area (Å²) in [5, 5.41) is 2.31. The van der Waals surface area contributed by atoms with Gasteiger partial charge < -0.3 is 35.7 Å². The Morgan fingerprint density at radius 1 is 0.723 bits per heavy atom. The maximum absolute atomic E-state index is 13.6. The highest BCUT2D eigenvalue weighted by Crippen LogP contribution is 2.38. The average molecular weight is 670 g/mol. The molecule has 11 nitrogen and oxygen atoms in total. The van der Waals surface area contributed by atoms with Crippen molar-refractivity contribution in [2.24, 2.45) is 11.5 Å². The van der Waals surface area contributed by atoms with E-state index in [9.17, 15) is 45.5 Å². The molecule has 0 aliphatic heterocycles. The van der Waals surface area contributed by atoms with Crippen molar-refractivity contribution < 1.29 is 64.5 Å². The standard InChI is InChI=1S/C30H25F6N3O8/c1-15(2)27(42)44-8-7-39-28(43)45-14-16-9-19(46-17-3-5-21(25(37)40)23(12-17)29(31,32)33)11-20(10-16)47-18-4-6-22(26(38)41)24(13-18)30(34,35)36/h3-6,9-13H,1,7-8,14H2,2H3,(H2,37,40)(H2,38,41)(H,39,43). The number of alkyl halides is 6. The molecule has 3 aromatic carbocycles. The number of carbonyl (C=O) groups excluding carboxylic acids is 4. The molecule has 3 rings (SSSR count). The fraction of sp³-hybridized carbons (Fsp3) is 0.200. The molecule has 3 amide bonds. The number of halogens is 6. The zero-order valence-corrected chi connectivity index (χ0v) is 24.2. The summed E-state index contributed by atoms with van der Waals surface area (Å²) < 4.78 is 102. The van der Waals surface area contributed by atoms with Crippen LogP contribution in [0.25, 0.3) is 0 Å². The third-order valence-electron chi connectivity index (χ3n) is 5.86. The first kappa shape index (κ1) is 35.7. The molecular formula is C30H25F6N3O8. The molecule has 0 aliphatic carbocycles. The fourth-order valence-corrected chi connectivity index (χ4v) is 3.80. The van der Waals surface area contributed by atoms with E-state index in [1.807, 2.05) is 0 Å². The number of amides is 3. The molecule has 47 heavy (non-hydrogen) atoms. The smallest absolute Gasteiger partial charge is 0.417 e. The van der Waals surface area contributed by atoms with Crippen molar-refractivity contribution in [3.63, 3.8) is 0 Å². The second-order valence-electron chi connectivity index (χ2n) is 9.57. The van der Waals surface area contributed by atoms with Crippen LogP contribution < -0.4 is 26.3 Å². The molecule has 0 aliphatic rings. The van der Waals surface area contributed by atoms with Gasteiger partial charge in [-0.15, -0.1) is 0 Å². The summed E-state index contributed by atoms with van der Waals surface area (Å²) in [5.41, 5.74) is 5.90. The van der Waals surface area contributed by atoms with Gasteiger partial charge in [0.2, 0.25) is 11.8 Å². The molecule has 0 radical (unpaired) electrons. The lowest BCUT2D eigenvalue weighted by atomic mass is 10.1. The largest absolute Gasteiger partial charge is 0.460 e.